The third-order valence-electron chi connectivity index (χ3n) is 3.12. The Morgan fingerprint density at radius 3 is 2.65 bits per heavy atom. The first-order valence-electron chi connectivity index (χ1n) is 7.00. The van der Waals surface area contributed by atoms with Crippen LogP contribution in [0.2, 0.25) is 0 Å². The van der Waals surface area contributed by atoms with Gasteiger partial charge in [0.1, 0.15) is 5.82 Å². The summed E-state index contributed by atoms with van der Waals surface area (Å²) in [6.07, 6.45) is 3.52. The maximum Gasteiger partial charge on any atom is 0.234 e. The largest absolute Gasteiger partial charge is 0.323 e. The van der Waals surface area contributed by atoms with Gasteiger partial charge in [0.15, 0.2) is 5.16 Å². The Morgan fingerprint density at radius 2 is 1.87 bits per heavy atom. The van der Waals surface area contributed by atoms with Gasteiger partial charge in [0.05, 0.1) is 11.4 Å². The zero-order valence-corrected chi connectivity index (χ0v) is 13.0. The zero-order chi connectivity index (χ0) is 16.1. The summed E-state index contributed by atoms with van der Waals surface area (Å²) in [5.74, 6) is -0.572. The van der Waals surface area contributed by atoms with Gasteiger partial charge in [-0.1, -0.05) is 42.1 Å². The number of benzene rings is 2. The lowest BCUT2D eigenvalue weighted by molar-refractivity contribution is -0.113. The number of carbonyl (C=O) groups is 1. The standard InChI is InChI=1S/C17H14FN3OS/c18-14-8-4-5-9-15(14)20-16(22)12-23-17-19-10-11-21(17)13-6-2-1-3-7-13/h1-11H,12H2,(H,20,22). The fourth-order valence-corrected chi connectivity index (χ4v) is 2.83. The fourth-order valence-electron chi connectivity index (χ4n) is 2.06. The monoisotopic (exact) mass is 327 g/mol. The number of amides is 1. The molecule has 0 aliphatic rings. The number of carbonyl (C=O) groups excluding carboxylic acids is 1. The minimum absolute atomic E-state index is 0.151. The molecule has 23 heavy (non-hydrogen) atoms. The summed E-state index contributed by atoms with van der Waals surface area (Å²) in [7, 11) is 0. The summed E-state index contributed by atoms with van der Waals surface area (Å²) in [5, 5.41) is 3.27. The Balaban J connectivity index is 1.64. The molecule has 1 heterocycles. The summed E-state index contributed by atoms with van der Waals surface area (Å²) in [5.41, 5.74) is 1.16. The Labute approximate surface area is 137 Å². The SMILES string of the molecule is O=C(CSc1nccn1-c1ccccc1)Nc1ccccc1F. The van der Waals surface area contributed by atoms with Gasteiger partial charge in [-0.05, 0) is 24.3 Å². The molecule has 1 amide bonds. The molecule has 3 rings (SSSR count). The van der Waals surface area contributed by atoms with Crippen LogP contribution in [0, 0.1) is 5.82 Å². The molecule has 0 fully saturated rings. The van der Waals surface area contributed by atoms with Crippen molar-refractivity contribution in [3.05, 3.63) is 72.8 Å². The van der Waals surface area contributed by atoms with Crippen LogP contribution >= 0.6 is 11.8 Å². The van der Waals surface area contributed by atoms with E-state index in [0.29, 0.717) is 5.16 Å². The van der Waals surface area contributed by atoms with Gasteiger partial charge in [0, 0.05) is 18.1 Å². The van der Waals surface area contributed by atoms with E-state index < -0.39 is 5.82 Å². The number of imidazole rings is 1. The topological polar surface area (TPSA) is 46.9 Å². The van der Waals surface area contributed by atoms with Crippen LogP contribution in [0.15, 0.2) is 72.1 Å². The zero-order valence-electron chi connectivity index (χ0n) is 12.1. The first-order valence-corrected chi connectivity index (χ1v) is 7.98. The Morgan fingerprint density at radius 1 is 1.13 bits per heavy atom. The molecular formula is C17H14FN3OS. The minimum Gasteiger partial charge on any atom is -0.323 e. The van der Waals surface area contributed by atoms with Gasteiger partial charge in [-0.25, -0.2) is 9.37 Å². The summed E-state index contributed by atoms with van der Waals surface area (Å²) in [4.78, 5) is 16.2. The maximum atomic E-state index is 13.5. The molecule has 0 radical (unpaired) electrons. The van der Waals surface area contributed by atoms with Crippen LogP contribution in [0.5, 0.6) is 0 Å². The molecule has 0 saturated heterocycles. The van der Waals surface area contributed by atoms with E-state index in [4.69, 9.17) is 0 Å². The summed E-state index contributed by atoms with van der Waals surface area (Å²) < 4.78 is 15.4. The lowest BCUT2D eigenvalue weighted by Gasteiger charge is -2.08. The predicted octanol–water partition coefficient (Wildman–Crippen LogP) is 3.74. The second-order valence-corrected chi connectivity index (χ2v) is 5.67. The molecule has 0 saturated carbocycles. The number of aromatic nitrogens is 2. The van der Waals surface area contributed by atoms with Gasteiger partial charge in [-0.3, -0.25) is 9.36 Å². The number of hydrogen-bond donors (Lipinski definition) is 1. The highest BCUT2D eigenvalue weighted by atomic mass is 32.2. The van der Waals surface area contributed by atoms with Crippen LogP contribution in [0.4, 0.5) is 10.1 Å². The molecule has 3 aromatic rings. The van der Waals surface area contributed by atoms with Gasteiger partial charge in [-0.15, -0.1) is 0 Å². The molecule has 4 nitrogen and oxygen atoms in total. The quantitative estimate of drug-likeness (QED) is 0.726. The highest BCUT2D eigenvalue weighted by Gasteiger charge is 2.10. The van der Waals surface area contributed by atoms with Gasteiger partial charge < -0.3 is 5.32 Å². The number of halogens is 1. The van der Waals surface area contributed by atoms with E-state index in [9.17, 15) is 9.18 Å². The number of thioether (sulfide) groups is 1. The van der Waals surface area contributed by atoms with Crippen molar-refractivity contribution in [3.63, 3.8) is 0 Å². The van der Waals surface area contributed by atoms with Gasteiger partial charge in [-0.2, -0.15) is 0 Å². The molecule has 1 N–H and O–H groups in total. The first kappa shape index (κ1) is 15.3. The number of nitrogens with zero attached hydrogens (tertiary/aromatic N) is 2. The van der Waals surface area contributed by atoms with Crippen molar-refractivity contribution in [2.75, 3.05) is 11.1 Å². The van der Waals surface area contributed by atoms with Crippen molar-refractivity contribution >= 4 is 23.4 Å². The average molecular weight is 327 g/mol. The maximum absolute atomic E-state index is 13.5. The third kappa shape index (κ3) is 3.78. The normalized spacial score (nSPS) is 10.5. The molecule has 0 aliphatic heterocycles. The molecule has 0 unspecified atom stereocenters. The van der Waals surface area contributed by atoms with E-state index in [-0.39, 0.29) is 17.3 Å². The summed E-state index contributed by atoms with van der Waals surface area (Å²) >= 11 is 1.30. The van der Waals surface area contributed by atoms with Crippen molar-refractivity contribution in [1.82, 2.24) is 9.55 Å². The fraction of sp³-hybridized carbons (Fsp3) is 0.0588. The first-order chi connectivity index (χ1) is 11.2. The van der Waals surface area contributed by atoms with Crippen molar-refractivity contribution in [3.8, 4) is 5.69 Å². The van der Waals surface area contributed by atoms with Crippen molar-refractivity contribution in [1.29, 1.82) is 0 Å². The van der Waals surface area contributed by atoms with E-state index in [1.54, 1.807) is 18.3 Å². The summed E-state index contributed by atoms with van der Waals surface area (Å²) in [6.45, 7) is 0. The second-order valence-electron chi connectivity index (χ2n) is 4.73. The predicted molar refractivity (Wildman–Crippen MR) is 89.3 cm³/mol. The molecule has 0 atom stereocenters. The van der Waals surface area contributed by atoms with Crippen molar-refractivity contribution < 1.29 is 9.18 Å². The van der Waals surface area contributed by atoms with Crippen LogP contribution in [0.3, 0.4) is 0 Å². The van der Waals surface area contributed by atoms with Crippen LogP contribution in [0.1, 0.15) is 0 Å². The highest BCUT2D eigenvalue weighted by molar-refractivity contribution is 7.99. The average Bonchev–Trinajstić information content (AvgIpc) is 3.04. The van der Waals surface area contributed by atoms with Crippen molar-refractivity contribution in [2.24, 2.45) is 0 Å². The van der Waals surface area contributed by atoms with E-state index >= 15 is 0 Å². The Kier molecular flexibility index (Phi) is 4.73. The molecule has 0 bridgehead atoms. The lowest BCUT2D eigenvalue weighted by Crippen LogP contribution is -2.15. The van der Waals surface area contributed by atoms with Gasteiger partial charge in [0.2, 0.25) is 5.91 Å². The molecule has 1 aromatic heterocycles. The molecule has 0 aliphatic carbocycles. The lowest BCUT2D eigenvalue weighted by atomic mass is 10.3. The smallest absolute Gasteiger partial charge is 0.234 e. The van der Waals surface area contributed by atoms with Crippen LogP contribution in [-0.4, -0.2) is 21.2 Å². The van der Waals surface area contributed by atoms with Gasteiger partial charge >= 0.3 is 0 Å². The second kappa shape index (κ2) is 7.11. The van der Waals surface area contributed by atoms with E-state index in [1.807, 2.05) is 41.1 Å². The number of nitrogens with one attached hydrogen (secondary N) is 1. The number of rotatable bonds is 5. The van der Waals surface area contributed by atoms with Gasteiger partial charge in [0.25, 0.3) is 0 Å². The molecule has 0 spiro atoms. The summed E-state index contributed by atoms with van der Waals surface area (Å²) in [6, 6.07) is 15.8. The third-order valence-corrected chi connectivity index (χ3v) is 4.09. The van der Waals surface area contributed by atoms with E-state index in [1.165, 1.54) is 23.9 Å². The van der Waals surface area contributed by atoms with E-state index in [0.717, 1.165) is 5.69 Å². The molecule has 6 heteroatoms. The number of hydrogen-bond acceptors (Lipinski definition) is 3. The molecule has 116 valence electrons. The van der Waals surface area contributed by atoms with Crippen LogP contribution < -0.4 is 5.32 Å². The van der Waals surface area contributed by atoms with E-state index in [2.05, 4.69) is 10.3 Å². The molecular weight excluding hydrogens is 313 g/mol. The Hall–Kier alpha value is -2.60. The van der Waals surface area contributed by atoms with Crippen LogP contribution in [0.25, 0.3) is 5.69 Å². The highest BCUT2D eigenvalue weighted by Crippen LogP contribution is 2.21. The Bertz CT molecular complexity index is 804. The number of anilines is 1. The molecule has 2 aromatic carbocycles. The minimum atomic E-state index is -0.448. The van der Waals surface area contributed by atoms with Crippen molar-refractivity contribution in [2.45, 2.75) is 5.16 Å². The van der Waals surface area contributed by atoms with Crippen LogP contribution in [-0.2, 0) is 4.79 Å². The number of para-hydroxylation sites is 2.